The highest BCUT2D eigenvalue weighted by Gasteiger charge is 1.76. The zero-order valence-electron chi connectivity index (χ0n) is 7.09. The van der Waals surface area contributed by atoms with Gasteiger partial charge in [0.1, 0.15) is 0 Å². The van der Waals surface area contributed by atoms with Crippen LogP contribution in [0.1, 0.15) is 20.8 Å². The standard InChI is InChI=1S/C6H10O.C2H4O2/c1-5(2)4-6(3)7;1-2(3)4/h4,7H,1H2,2-3H3;1H3,(H,3,4). The first-order valence-electron chi connectivity index (χ1n) is 3.08. The Labute approximate surface area is 66.7 Å². The molecule has 0 aromatic rings. The van der Waals surface area contributed by atoms with Gasteiger partial charge < -0.3 is 10.2 Å². The fourth-order valence-electron chi connectivity index (χ4n) is 0.357. The van der Waals surface area contributed by atoms with E-state index in [2.05, 4.69) is 6.58 Å². The number of carboxylic acids is 1. The number of rotatable bonds is 1. The van der Waals surface area contributed by atoms with Gasteiger partial charge in [0.2, 0.25) is 0 Å². The summed E-state index contributed by atoms with van der Waals surface area (Å²) in [4.78, 5) is 9.00. The Hall–Kier alpha value is -1.25. The first kappa shape index (κ1) is 12.4. The summed E-state index contributed by atoms with van der Waals surface area (Å²) < 4.78 is 0. The van der Waals surface area contributed by atoms with Gasteiger partial charge in [0.15, 0.2) is 0 Å². The van der Waals surface area contributed by atoms with E-state index in [1.165, 1.54) is 0 Å². The maximum absolute atomic E-state index is 9.00. The van der Waals surface area contributed by atoms with Crippen molar-refractivity contribution >= 4 is 5.97 Å². The quantitative estimate of drug-likeness (QED) is 0.454. The van der Waals surface area contributed by atoms with Crippen LogP contribution < -0.4 is 0 Å². The summed E-state index contributed by atoms with van der Waals surface area (Å²) in [5.41, 5.74) is 0.875. The molecule has 0 saturated heterocycles. The molecule has 64 valence electrons. The number of carboxylic acid groups (broad SMARTS) is 1. The average Bonchev–Trinajstić information content (AvgIpc) is 1.56. The second kappa shape index (κ2) is 6.86. The summed E-state index contributed by atoms with van der Waals surface area (Å²) >= 11 is 0. The van der Waals surface area contributed by atoms with Crippen molar-refractivity contribution in [3.63, 3.8) is 0 Å². The van der Waals surface area contributed by atoms with Gasteiger partial charge in [0.25, 0.3) is 5.97 Å². The molecule has 3 nitrogen and oxygen atoms in total. The van der Waals surface area contributed by atoms with Gasteiger partial charge in [-0.2, -0.15) is 0 Å². The lowest BCUT2D eigenvalue weighted by molar-refractivity contribution is -0.134. The smallest absolute Gasteiger partial charge is 0.300 e. The van der Waals surface area contributed by atoms with Crippen molar-refractivity contribution in [3.8, 4) is 0 Å². The zero-order chi connectivity index (χ0) is 9.44. The molecule has 0 aliphatic rings. The third-order valence-corrected chi connectivity index (χ3v) is 0.455. The largest absolute Gasteiger partial charge is 0.513 e. The molecule has 11 heavy (non-hydrogen) atoms. The van der Waals surface area contributed by atoms with E-state index in [-0.39, 0.29) is 0 Å². The lowest BCUT2D eigenvalue weighted by atomic mass is 10.3. The molecule has 2 N–H and O–H groups in total. The second-order valence-electron chi connectivity index (χ2n) is 2.15. The summed E-state index contributed by atoms with van der Waals surface area (Å²) in [6.45, 7) is 8.10. The van der Waals surface area contributed by atoms with Crippen LogP contribution in [0, 0.1) is 0 Å². The van der Waals surface area contributed by atoms with Crippen molar-refractivity contribution in [2.75, 3.05) is 0 Å². The third kappa shape index (κ3) is 52.7. The lowest BCUT2D eigenvalue weighted by Crippen LogP contribution is -1.78. The summed E-state index contributed by atoms with van der Waals surface area (Å²) in [7, 11) is 0. The molecule has 0 spiro atoms. The molecule has 0 atom stereocenters. The number of carbonyl (C=O) groups is 1. The average molecular weight is 158 g/mol. The van der Waals surface area contributed by atoms with Crippen molar-refractivity contribution in [1.29, 1.82) is 0 Å². The molecular formula is C8H14O3. The predicted octanol–water partition coefficient (Wildman–Crippen LogP) is 2.12. The van der Waals surface area contributed by atoms with Crippen LogP contribution >= 0.6 is 0 Å². The van der Waals surface area contributed by atoms with Crippen molar-refractivity contribution in [2.24, 2.45) is 0 Å². The zero-order valence-corrected chi connectivity index (χ0v) is 7.09. The van der Waals surface area contributed by atoms with Gasteiger partial charge in [-0.15, -0.1) is 0 Å². The third-order valence-electron chi connectivity index (χ3n) is 0.455. The highest BCUT2D eigenvalue weighted by atomic mass is 16.4. The molecule has 0 heterocycles. The Balaban J connectivity index is 0. The molecule has 0 aromatic heterocycles. The Morgan fingerprint density at radius 2 is 1.55 bits per heavy atom. The van der Waals surface area contributed by atoms with Gasteiger partial charge in [0, 0.05) is 6.92 Å². The Morgan fingerprint density at radius 3 is 1.55 bits per heavy atom. The fraction of sp³-hybridized carbons (Fsp3) is 0.375. The summed E-state index contributed by atoms with van der Waals surface area (Å²) in [6, 6.07) is 0. The molecule has 0 saturated carbocycles. The minimum Gasteiger partial charge on any atom is -0.513 e. The first-order chi connectivity index (χ1) is 4.86. The summed E-state index contributed by atoms with van der Waals surface area (Å²) in [5, 5.41) is 15.9. The van der Waals surface area contributed by atoms with E-state index in [1.807, 2.05) is 6.92 Å². The van der Waals surface area contributed by atoms with E-state index in [1.54, 1.807) is 13.0 Å². The SMILES string of the molecule is C=C(C)C=C(C)O.CC(=O)O. The molecular weight excluding hydrogens is 144 g/mol. The van der Waals surface area contributed by atoms with Crippen molar-refractivity contribution in [3.05, 3.63) is 24.0 Å². The fourth-order valence-corrected chi connectivity index (χ4v) is 0.357. The minimum atomic E-state index is -0.833. The summed E-state index contributed by atoms with van der Waals surface area (Å²) in [6.07, 6.45) is 1.61. The van der Waals surface area contributed by atoms with Crippen LogP contribution in [0.3, 0.4) is 0 Å². The van der Waals surface area contributed by atoms with E-state index < -0.39 is 5.97 Å². The number of aliphatic hydroxyl groups is 1. The van der Waals surface area contributed by atoms with E-state index in [9.17, 15) is 0 Å². The maximum Gasteiger partial charge on any atom is 0.300 e. The molecule has 3 heteroatoms. The van der Waals surface area contributed by atoms with Gasteiger partial charge in [-0.25, -0.2) is 0 Å². The number of aliphatic carboxylic acids is 1. The first-order valence-corrected chi connectivity index (χ1v) is 3.08. The van der Waals surface area contributed by atoms with Gasteiger partial charge in [0.05, 0.1) is 5.76 Å². The number of allylic oxidation sites excluding steroid dienone is 3. The van der Waals surface area contributed by atoms with E-state index >= 15 is 0 Å². The molecule has 0 unspecified atom stereocenters. The molecule has 0 aromatic carbocycles. The normalized spacial score (nSPS) is 9.55. The molecule has 0 rings (SSSR count). The van der Waals surface area contributed by atoms with Crippen LogP contribution in [-0.2, 0) is 4.79 Å². The van der Waals surface area contributed by atoms with Gasteiger partial charge >= 0.3 is 0 Å². The minimum absolute atomic E-state index is 0.313. The van der Waals surface area contributed by atoms with Gasteiger partial charge in [-0.05, 0) is 19.9 Å². The van der Waals surface area contributed by atoms with Crippen LogP contribution in [0.2, 0.25) is 0 Å². The molecule has 0 radical (unpaired) electrons. The van der Waals surface area contributed by atoms with E-state index in [0.29, 0.717) is 5.76 Å². The predicted molar refractivity (Wildman–Crippen MR) is 44.5 cm³/mol. The van der Waals surface area contributed by atoms with Crippen molar-refractivity contribution in [2.45, 2.75) is 20.8 Å². The second-order valence-corrected chi connectivity index (χ2v) is 2.15. The van der Waals surface area contributed by atoms with Crippen LogP contribution in [0.25, 0.3) is 0 Å². The lowest BCUT2D eigenvalue weighted by Gasteiger charge is -1.85. The Kier molecular flexibility index (Phi) is 7.76. The highest BCUT2D eigenvalue weighted by molar-refractivity contribution is 5.62. The van der Waals surface area contributed by atoms with Crippen LogP contribution in [-0.4, -0.2) is 16.2 Å². The van der Waals surface area contributed by atoms with Crippen LogP contribution in [0.5, 0.6) is 0 Å². The number of hydrogen-bond acceptors (Lipinski definition) is 2. The summed E-state index contributed by atoms with van der Waals surface area (Å²) in [5.74, 6) is -0.521. The molecule has 0 amide bonds. The number of hydrogen-bond donors (Lipinski definition) is 2. The van der Waals surface area contributed by atoms with E-state index in [4.69, 9.17) is 15.0 Å². The Morgan fingerprint density at radius 1 is 1.27 bits per heavy atom. The van der Waals surface area contributed by atoms with Crippen molar-refractivity contribution < 1.29 is 15.0 Å². The van der Waals surface area contributed by atoms with Gasteiger partial charge in [-0.3, -0.25) is 4.79 Å². The molecule has 0 aliphatic heterocycles. The molecule has 0 aliphatic carbocycles. The van der Waals surface area contributed by atoms with Crippen LogP contribution in [0.15, 0.2) is 24.0 Å². The van der Waals surface area contributed by atoms with Gasteiger partial charge in [-0.1, -0.05) is 12.2 Å². The molecule has 0 fully saturated rings. The van der Waals surface area contributed by atoms with Crippen molar-refractivity contribution in [1.82, 2.24) is 0 Å². The van der Waals surface area contributed by atoms with Crippen LogP contribution in [0.4, 0.5) is 0 Å². The number of aliphatic hydroxyl groups excluding tert-OH is 1. The van der Waals surface area contributed by atoms with E-state index in [0.717, 1.165) is 12.5 Å². The maximum atomic E-state index is 9.00. The Bertz CT molecular complexity index is 160. The monoisotopic (exact) mass is 158 g/mol. The molecule has 0 bridgehead atoms. The topological polar surface area (TPSA) is 57.5 Å². The highest BCUT2D eigenvalue weighted by Crippen LogP contribution is 1.92.